The van der Waals surface area contributed by atoms with Crippen LogP contribution in [0.3, 0.4) is 0 Å². The molecule has 0 radical (unpaired) electrons. The minimum Gasteiger partial charge on any atom is -0.356 e. The molecule has 2 aromatic heterocycles. The number of aromatic nitrogens is 3. The number of benzene rings is 1. The third-order valence-electron chi connectivity index (χ3n) is 5.73. The first kappa shape index (κ1) is 23.3. The van der Waals surface area contributed by atoms with E-state index in [0.717, 1.165) is 42.4 Å². The fourth-order valence-electron chi connectivity index (χ4n) is 3.84. The molecule has 1 aliphatic rings. The van der Waals surface area contributed by atoms with Crippen LogP contribution in [-0.2, 0) is 18.1 Å². The van der Waals surface area contributed by atoms with Crippen molar-refractivity contribution >= 4 is 35.6 Å². The molecule has 1 fully saturated rings. The Hall–Kier alpha value is -2.37. The number of hydrogen-bond donors (Lipinski definition) is 2. The molecule has 166 valence electrons. The highest BCUT2D eigenvalue weighted by Crippen LogP contribution is 2.44. The highest BCUT2D eigenvalue weighted by atomic mass is 127. The van der Waals surface area contributed by atoms with E-state index in [1.807, 2.05) is 28.8 Å². The molecule has 0 aliphatic heterocycles. The lowest BCUT2D eigenvalue weighted by atomic mass is 9.64. The van der Waals surface area contributed by atoms with Gasteiger partial charge in [0.2, 0.25) is 0 Å². The third-order valence-corrected chi connectivity index (χ3v) is 5.73. The molecule has 0 bridgehead atoms. The van der Waals surface area contributed by atoms with Gasteiger partial charge < -0.3 is 10.6 Å². The maximum Gasteiger partial charge on any atom is 0.416 e. The number of hydrogen-bond acceptors (Lipinski definition) is 3. The van der Waals surface area contributed by atoms with Gasteiger partial charge in [0.25, 0.3) is 0 Å². The molecule has 0 unspecified atom stereocenters. The van der Waals surface area contributed by atoms with Crippen molar-refractivity contribution in [1.82, 2.24) is 25.2 Å². The number of fused-ring (bicyclic) bond motifs is 1. The van der Waals surface area contributed by atoms with Gasteiger partial charge >= 0.3 is 6.18 Å². The lowest BCUT2D eigenvalue weighted by molar-refractivity contribution is -0.137. The smallest absolute Gasteiger partial charge is 0.356 e. The van der Waals surface area contributed by atoms with E-state index in [2.05, 4.69) is 25.8 Å². The highest BCUT2D eigenvalue weighted by Gasteiger charge is 2.40. The van der Waals surface area contributed by atoms with Crippen molar-refractivity contribution in [2.45, 2.75) is 37.4 Å². The Morgan fingerprint density at radius 1 is 1.13 bits per heavy atom. The molecule has 2 N–H and O–H groups in total. The summed E-state index contributed by atoms with van der Waals surface area (Å²) in [6.45, 7) is 0.927. The van der Waals surface area contributed by atoms with E-state index in [1.54, 1.807) is 13.1 Å². The standard InChI is InChI=1S/C21H23F3N6.HI/c1-25-19(26-13-18-29-28-17-8-2-3-11-30(17)18)27-14-20(9-5-10-20)15-6-4-7-16(12-15)21(22,23)24;/h2-4,6-8,11-12H,5,9-10,13-14H2,1H3,(H2,25,26,27);1H. The second kappa shape index (κ2) is 9.41. The zero-order valence-corrected chi connectivity index (χ0v) is 19.3. The summed E-state index contributed by atoms with van der Waals surface area (Å²) in [4.78, 5) is 4.24. The molecule has 2 heterocycles. The zero-order valence-electron chi connectivity index (χ0n) is 17.0. The minimum atomic E-state index is -4.34. The summed E-state index contributed by atoms with van der Waals surface area (Å²) < 4.78 is 41.3. The lowest BCUT2D eigenvalue weighted by Crippen LogP contribution is -2.48. The number of alkyl halides is 3. The van der Waals surface area contributed by atoms with Crippen molar-refractivity contribution < 1.29 is 13.2 Å². The SMILES string of the molecule is CN=C(NCc1nnc2ccccn12)NCC1(c2cccc(C(F)(F)F)c2)CCC1.I. The largest absolute Gasteiger partial charge is 0.416 e. The maximum atomic E-state index is 13.1. The number of aliphatic imine (C=N–C) groups is 1. The molecule has 0 spiro atoms. The Balaban J connectivity index is 0.00000272. The average molecular weight is 544 g/mol. The average Bonchev–Trinajstić information content (AvgIpc) is 3.12. The summed E-state index contributed by atoms with van der Waals surface area (Å²) in [5.41, 5.74) is 0.554. The molecule has 6 nitrogen and oxygen atoms in total. The Kier molecular flexibility index (Phi) is 7.07. The van der Waals surface area contributed by atoms with Gasteiger partial charge in [0.05, 0.1) is 12.1 Å². The monoisotopic (exact) mass is 544 g/mol. The number of nitrogens with zero attached hydrogens (tertiary/aromatic N) is 4. The molecule has 1 aromatic carbocycles. The van der Waals surface area contributed by atoms with E-state index in [-0.39, 0.29) is 29.4 Å². The molecule has 31 heavy (non-hydrogen) atoms. The Labute approximate surface area is 195 Å². The molecule has 10 heteroatoms. The van der Waals surface area contributed by atoms with Crippen LogP contribution in [0.5, 0.6) is 0 Å². The molecule has 0 saturated heterocycles. The van der Waals surface area contributed by atoms with Gasteiger partial charge in [-0.1, -0.05) is 30.7 Å². The molecule has 1 saturated carbocycles. The van der Waals surface area contributed by atoms with Crippen LogP contribution in [0.25, 0.3) is 5.65 Å². The highest BCUT2D eigenvalue weighted by molar-refractivity contribution is 14.0. The van der Waals surface area contributed by atoms with Crippen molar-refractivity contribution in [3.63, 3.8) is 0 Å². The van der Waals surface area contributed by atoms with Gasteiger partial charge in [0.15, 0.2) is 17.4 Å². The fraction of sp³-hybridized carbons (Fsp3) is 0.381. The van der Waals surface area contributed by atoms with Gasteiger partial charge in [-0.15, -0.1) is 34.2 Å². The van der Waals surface area contributed by atoms with Gasteiger partial charge in [0.1, 0.15) is 0 Å². The van der Waals surface area contributed by atoms with Gasteiger partial charge in [-0.25, -0.2) is 0 Å². The predicted octanol–water partition coefficient (Wildman–Crippen LogP) is 4.15. The van der Waals surface area contributed by atoms with Crippen LogP contribution in [-0.4, -0.2) is 34.2 Å². The Bertz CT molecular complexity index is 1060. The van der Waals surface area contributed by atoms with E-state index < -0.39 is 11.7 Å². The predicted molar refractivity (Wildman–Crippen MR) is 124 cm³/mol. The van der Waals surface area contributed by atoms with Crippen LogP contribution < -0.4 is 10.6 Å². The van der Waals surface area contributed by atoms with Gasteiger partial charge in [-0.3, -0.25) is 9.39 Å². The number of rotatable bonds is 5. The summed E-state index contributed by atoms with van der Waals surface area (Å²) in [6.07, 6.45) is 0.225. The molecular weight excluding hydrogens is 520 g/mol. The summed E-state index contributed by atoms with van der Waals surface area (Å²) in [5, 5.41) is 14.8. The lowest BCUT2D eigenvalue weighted by Gasteiger charge is -2.43. The second-order valence-electron chi connectivity index (χ2n) is 7.54. The van der Waals surface area contributed by atoms with Gasteiger partial charge in [-0.05, 0) is 36.6 Å². The van der Waals surface area contributed by atoms with Crippen molar-refractivity contribution in [2.24, 2.45) is 4.99 Å². The van der Waals surface area contributed by atoms with Crippen LogP contribution in [0.1, 0.15) is 36.2 Å². The zero-order chi connectivity index (χ0) is 21.2. The quantitative estimate of drug-likeness (QED) is 0.288. The summed E-state index contributed by atoms with van der Waals surface area (Å²) in [6, 6.07) is 11.3. The van der Waals surface area contributed by atoms with Crippen molar-refractivity contribution in [1.29, 1.82) is 0 Å². The van der Waals surface area contributed by atoms with Crippen LogP contribution in [0.15, 0.2) is 53.7 Å². The van der Waals surface area contributed by atoms with E-state index in [4.69, 9.17) is 0 Å². The Morgan fingerprint density at radius 3 is 2.61 bits per heavy atom. The minimum absolute atomic E-state index is 0. The number of nitrogens with one attached hydrogen (secondary N) is 2. The maximum absolute atomic E-state index is 13.1. The first-order chi connectivity index (χ1) is 14.4. The number of pyridine rings is 1. The van der Waals surface area contributed by atoms with Gasteiger partial charge in [0, 0.05) is 25.2 Å². The number of halogens is 4. The van der Waals surface area contributed by atoms with E-state index in [1.165, 1.54) is 12.1 Å². The van der Waals surface area contributed by atoms with E-state index >= 15 is 0 Å². The summed E-state index contributed by atoms with van der Waals surface area (Å²) in [7, 11) is 1.66. The van der Waals surface area contributed by atoms with Crippen LogP contribution >= 0.6 is 24.0 Å². The summed E-state index contributed by atoms with van der Waals surface area (Å²) >= 11 is 0. The number of guanidine groups is 1. The van der Waals surface area contributed by atoms with Crippen molar-refractivity contribution in [2.75, 3.05) is 13.6 Å². The normalized spacial score (nSPS) is 15.8. The summed E-state index contributed by atoms with van der Waals surface area (Å²) in [5.74, 6) is 1.31. The molecular formula is C21H24F3IN6. The second-order valence-corrected chi connectivity index (χ2v) is 7.54. The molecule has 3 aromatic rings. The third kappa shape index (κ3) is 4.94. The van der Waals surface area contributed by atoms with E-state index in [0.29, 0.717) is 19.0 Å². The van der Waals surface area contributed by atoms with Crippen LogP contribution in [0.4, 0.5) is 13.2 Å². The van der Waals surface area contributed by atoms with Crippen molar-refractivity contribution in [3.8, 4) is 0 Å². The molecule has 0 amide bonds. The molecule has 0 atom stereocenters. The fourth-order valence-corrected chi connectivity index (χ4v) is 3.84. The van der Waals surface area contributed by atoms with E-state index in [9.17, 15) is 13.2 Å². The van der Waals surface area contributed by atoms with Gasteiger partial charge in [-0.2, -0.15) is 13.2 Å². The van der Waals surface area contributed by atoms with Crippen LogP contribution in [0.2, 0.25) is 0 Å². The molecule has 1 aliphatic carbocycles. The van der Waals surface area contributed by atoms with Crippen molar-refractivity contribution in [3.05, 3.63) is 65.6 Å². The first-order valence-electron chi connectivity index (χ1n) is 9.82. The van der Waals surface area contributed by atoms with Crippen LogP contribution in [0, 0.1) is 0 Å². The first-order valence-corrected chi connectivity index (χ1v) is 9.82. The topological polar surface area (TPSA) is 66.6 Å². The molecule has 4 rings (SSSR count). The Morgan fingerprint density at radius 2 is 1.94 bits per heavy atom.